The van der Waals surface area contributed by atoms with Crippen molar-refractivity contribution in [3.63, 3.8) is 0 Å². The number of thioether (sulfide) groups is 1. The highest BCUT2D eigenvalue weighted by Crippen LogP contribution is 2.21. The summed E-state index contributed by atoms with van der Waals surface area (Å²) in [6, 6.07) is 14.8. The molecular formula is C15H14N6OS. The van der Waals surface area contributed by atoms with E-state index in [9.17, 15) is 4.79 Å². The zero-order chi connectivity index (χ0) is 16.1. The largest absolute Gasteiger partial charge is 0.335 e. The molecule has 0 radical (unpaired) electrons. The van der Waals surface area contributed by atoms with Crippen molar-refractivity contribution < 1.29 is 4.79 Å². The molecule has 0 saturated carbocycles. The van der Waals surface area contributed by atoms with E-state index >= 15 is 0 Å². The van der Waals surface area contributed by atoms with Crippen LogP contribution in [0.1, 0.15) is 0 Å². The van der Waals surface area contributed by atoms with E-state index in [1.807, 2.05) is 30.3 Å². The third-order valence-corrected chi connectivity index (χ3v) is 3.90. The number of nitrogens with one attached hydrogen (secondary N) is 1. The third kappa shape index (κ3) is 3.67. The molecule has 7 nitrogen and oxygen atoms in total. The van der Waals surface area contributed by atoms with E-state index < -0.39 is 0 Å². The molecule has 2 aromatic heterocycles. The van der Waals surface area contributed by atoms with Gasteiger partial charge in [0.1, 0.15) is 5.82 Å². The number of amides is 1. The molecule has 0 bridgehead atoms. The summed E-state index contributed by atoms with van der Waals surface area (Å²) in [7, 11) is 0. The maximum absolute atomic E-state index is 11.9. The second kappa shape index (κ2) is 6.93. The average Bonchev–Trinajstić information content (AvgIpc) is 2.95. The maximum Gasteiger partial charge on any atom is 0.236 e. The molecule has 0 aliphatic heterocycles. The van der Waals surface area contributed by atoms with E-state index in [4.69, 9.17) is 5.84 Å². The quantitative estimate of drug-likeness (QED) is 0.548. The van der Waals surface area contributed by atoms with Crippen LogP contribution in [0.15, 0.2) is 59.9 Å². The normalized spacial score (nSPS) is 10.4. The summed E-state index contributed by atoms with van der Waals surface area (Å²) in [5.74, 6) is 7.05. The van der Waals surface area contributed by atoms with Gasteiger partial charge in [-0.25, -0.2) is 9.66 Å². The Morgan fingerprint density at radius 2 is 1.91 bits per heavy atom. The molecule has 1 amide bonds. The summed E-state index contributed by atoms with van der Waals surface area (Å²) in [6.45, 7) is 0. The number of nitrogens with two attached hydrogens (primary N) is 1. The molecule has 3 aromatic rings. The van der Waals surface area contributed by atoms with Crippen LogP contribution >= 0.6 is 11.8 Å². The number of rotatable bonds is 5. The van der Waals surface area contributed by atoms with Gasteiger partial charge in [-0.2, -0.15) is 0 Å². The summed E-state index contributed by atoms with van der Waals surface area (Å²) < 4.78 is 1.38. The zero-order valence-electron chi connectivity index (χ0n) is 12.1. The van der Waals surface area contributed by atoms with Gasteiger partial charge in [0.2, 0.25) is 11.1 Å². The second-order valence-corrected chi connectivity index (χ2v) is 5.54. The Morgan fingerprint density at radius 1 is 1.13 bits per heavy atom. The first kappa shape index (κ1) is 15.0. The van der Waals surface area contributed by atoms with Gasteiger partial charge in [0.15, 0.2) is 5.82 Å². The second-order valence-electron chi connectivity index (χ2n) is 4.59. The molecule has 0 aliphatic carbocycles. The predicted molar refractivity (Wildman–Crippen MR) is 89.2 cm³/mol. The minimum absolute atomic E-state index is 0.167. The van der Waals surface area contributed by atoms with Gasteiger partial charge in [0, 0.05) is 11.8 Å². The Kier molecular flexibility index (Phi) is 4.53. The van der Waals surface area contributed by atoms with E-state index in [2.05, 4.69) is 20.5 Å². The summed E-state index contributed by atoms with van der Waals surface area (Å²) in [4.78, 5) is 15.9. The number of nitrogens with zero attached hydrogens (tertiary/aromatic N) is 4. The van der Waals surface area contributed by atoms with Crippen molar-refractivity contribution in [2.75, 3.05) is 16.9 Å². The Morgan fingerprint density at radius 3 is 2.65 bits per heavy atom. The fraction of sp³-hybridized carbons (Fsp3) is 0.0667. The van der Waals surface area contributed by atoms with Gasteiger partial charge < -0.3 is 11.2 Å². The molecule has 23 heavy (non-hydrogen) atoms. The summed E-state index contributed by atoms with van der Waals surface area (Å²) >= 11 is 1.21. The smallest absolute Gasteiger partial charge is 0.236 e. The van der Waals surface area contributed by atoms with Crippen LogP contribution in [0.25, 0.3) is 11.4 Å². The van der Waals surface area contributed by atoms with E-state index in [0.717, 1.165) is 5.56 Å². The van der Waals surface area contributed by atoms with Crippen LogP contribution in [0.3, 0.4) is 0 Å². The number of carbonyl (C=O) groups excluding carboxylic acids is 1. The van der Waals surface area contributed by atoms with Gasteiger partial charge in [0.25, 0.3) is 0 Å². The van der Waals surface area contributed by atoms with Crippen LogP contribution in [0.2, 0.25) is 0 Å². The topological polar surface area (TPSA) is 98.7 Å². The molecule has 0 aliphatic rings. The first-order valence-electron chi connectivity index (χ1n) is 6.83. The number of hydrogen-bond donors (Lipinski definition) is 2. The highest BCUT2D eigenvalue weighted by Gasteiger charge is 2.13. The fourth-order valence-electron chi connectivity index (χ4n) is 1.91. The molecule has 116 valence electrons. The number of anilines is 1. The first-order valence-corrected chi connectivity index (χ1v) is 7.82. The minimum atomic E-state index is -0.182. The number of aromatic nitrogens is 4. The van der Waals surface area contributed by atoms with Crippen LogP contribution in [0.5, 0.6) is 0 Å². The van der Waals surface area contributed by atoms with Crippen LogP contribution in [-0.4, -0.2) is 31.5 Å². The molecule has 3 N–H and O–H groups in total. The van der Waals surface area contributed by atoms with Crippen molar-refractivity contribution in [2.24, 2.45) is 0 Å². The van der Waals surface area contributed by atoms with Gasteiger partial charge in [-0.15, -0.1) is 10.2 Å². The molecule has 0 spiro atoms. The summed E-state index contributed by atoms with van der Waals surface area (Å²) in [5.41, 5.74) is 0.868. The molecule has 2 heterocycles. The van der Waals surface area contributed by atoms with E-state index in [0.29, 0.717) is 16.8 Å². The van der Waals surface area contributed by atoms with Crippen molar-refractivity contribution in [1.82, 2.24) is 19.9 Å². The summed E-state index contributed by atoms with van der Waals surface area (Å²) in [6.07, 6.45) is 1.62. The molecule has 0 saturated heterocycles. The van der Waals surface area contributed by atoms with Gasteiger partial charge >= 0.3 is 0 Å². The summed E-state index contributed by atoms with van der Waals surface area (Å²) in [5, 5.41) is 11.3. The fourth-order valence-corrected chi connectivity index (χ4v) is 2.56. The zero-order valence-corrected chi connectivity index (χ0v) is 12.9. The SMILES string of the molecule is Nn1c(SCC(=O)Nc2ccccn2)nnc1-c1ccccc1. The van der Waals surface area contributed by atoms with Gasteiger partial charge in [-0.05, 0) is 12.1 Å². The van der Waals surface area contributed by atoms with Crippen LogP contribution in [-0.2, 0) is 4.79 Å². The van der Waals surface area contributed by atoms with E-state index in [1.165, 1.54) is 16.4 Å². The lowest BCUT2D eigenvalue weighted by atomic mass is 10.2. The average molecular weight is 326 g/mol. The number of benzene rings is 1. The predicted octanol–water partition coefficient (Wildman–Crippen LogP) is 1.78. The molecule has 0 fully saturated rings. The molecule has 0 atom stereocenters. The highest BCUT2D eigenvalue weighted by molar-refractivity contribution is 7.99. The molecular weight excluding hydrogens is 312 g/mol. The molecule has 1 aromatic carbocycles. The number of carbonyl (C=O) groups is 1. The van der Waals surface area contributed by atoms with E-state index in [-0.39, 0.29) is 11.7 Å². The lowest BCUT2D eigenvalue weighted by Gasteiger charge is -2.04. The Bertz CT molecular complexity index is 790. The Labute approximate surface area is 136 Å². The molecule has 8 heteroatoms. The van der Waals surface area contributed by atoms with Gasteiger partial charge in [-0.3, -0.25) is 4.79 Å². The van der Waals surface area contributed by atoms with Crippen molar-refractivity contribution in [1.29, 1.82) is 0 Å². The Balaban J connectivity index is 1.63. The molecule has 3 rings (SSSR count). The lowest BCUT2D eigenvalue weighted by molar-refractivity contribution is -0.113. The number of pyridine rings is 1. The molecule has 0 unspecified atom stereocenters. The van der Waals surface area contributed by atoms with Crippen molar-refractivity contribution in [2.45, 2.75) is 5.16 Å². The lowest BCUT2D eigenvalue weighted by Crippen LogP contribution is -2.17. The van der Waals surface area contributed by atoms with Gasteiger partial charge in [0.05, 0.1) is 5.75 Å². The highest BCUT2D eigenvalue weighted by atomic mass is 32.2. The van der Waals surface area contributed by atoms with Crippen LogP contribution in [0.4, 0.5) is 5.82 Å². The standard InChI is InChI=1S/C15H14N6OS/c16-21-14(11-6-2-1-3-7-11)19-20-15(21)23-10-13(22)18-12-8-4-5-9-17-12/h1-9H,10,16H2,(H,17,18,22). The minimum Gasteiger partial charge on any atom is -0.335 e. The first-order chi connectivity index (χ1) is 11.2. The van der Waals surface area contributed by atoms with Crippen molar-refractivity contribution in [3.05, 3.63) is 54.7 Å². The number of nitrogen functional groups attached to an aromatic ring is 1. The Hall–Kier alpha value is -2.87. The van der Waals surface area contributed by atoms with Gasteiger partial charge in [-0.1, -0.05) is 48.2 Å². The van der Waals surface area contributed by atoms with Crippen molar-refractivity contribution in [3.8, 4) is 11.4 Å². The number of hydrogen-bond acceptors (Lipinski definition) is 6. The maximum atomic E-state index is 11.9. The van der Waals surface area contributed by atoms with Crippen LogP contribution in [0, 0.1) is 0 Å². The third-order valence-electron chi connectivity index (χ3n) is 2.96. The monoisotopic (exact) mass is 326 g/mol. The van der Waals surface area contributed by atoms with E-state index in [1.54, 1.807) is 24.4 Å². The van der Waals surface area contributed by atoms with Crippen molar-refractivity contribution >= 4 is 23.5 Å². The van der Waals surface area contributed by atoms with Crippen LogP contribution < -0.4 is 11.2 Å².